The molecule has 0 saturated heterocycles. The number of benzene rings is 1. The van der Waals surface area contributed by atoms with Crippen molar-refractivity contribution in [3.63, 3.8) is 0 Å². The summed E-state index contributed by atoms with van der Waals surface area (Å²) >= 11 is 0. The predicted molar refractivity (Wildman–Crippen MR) is 170 cm³/mol. The van der Waals surface area contributed by atoms with Gasteiger partial charge >= 0.3 is 0 Å². The number of nitrogens with zero attached hydrogens (tertiary/aromatic N) is 4. The fourth-order valence-corrected chi connectivity index (χ4v) is 7.37. The summed E-state index contributed by atoms with van der Waals surface area (Å²) in [4.78, 5) is 30.2. The molecule has 8 heteroatoms. The van der Waals surface area contributed by atoms with E-state index in [1.807, 2.05) is 18.7 Å². The van der Waals surface area contributed by atoms with Crippen LogP contribution in [0.15, 0.2) is 41.8 Å². The second-order valence-corrected chi connectivity index (χ2v) is 13.0. The van der Waals surface area contributed by atoms with Crippen LogP contribution in [0.5, 0.6) is 5.75 Å². The molecule has 0 spiro atoms. The number of aryl methyl sites for hydroxylation is 1. The zero-order chi connectivity index (χ0) is 29.0. The number of carbonyl (C=O) groups is 1. The first-order valence-corrected chi connectivity index (χ1v) is 15.5. The van der Waals surface area contributed by atoms with Crippen molar-refractivity contribution in [3.8, 4) is 5.75 Å². The number of aliphatic imine (C=N–C) groups is 1. The Bertz CT molecular complexity index is 1270. The van der Waals surface area contributed by atoms with Gasteiger partial charge in [0, 0.05) is 36.5 Å². The van der Waals surface area contributed by atoms with Gasteiger partial charge in [-0.3, -0.25) is 19.7 Å². The van der Waals surface area contributed by atoms with Gasteiger partial charge in [0.1, 0.15) is 5.75 Å². The molecule has 1 aromatic carbocycles. The molecule has 42 heavy (non-hydrogen) atoms. The average molecular weight is 576 g/mol. The summed E-state index contributed by atoms with van der Waals surface area (Å²) in [7, 11) is 1.74. The van der Waals surface area contributed by atoms with Crippen LogP contribution in [0, 0.1) is 18.3 Å². The molecule has 1 amide bonds. The van der Waals surface area contributed by atoms with Crippen LogP contribution >= 0.6 is 0 Å². The van der Waals surface area contributed by atoms with Gasteiger partial charge in [0.15, 0.2) is 5.82 Å². The highest BCUT2D eigenvalue weighted by Gasteiger charge is 2.50. The van der Waals surface area contributed by atoms with Crippen LogP contribution < -0.4 is 15.4 Å². The zero-order valence-corrected chi connectivity index (χ0v) is 25.9. The van der Waals surface area contributed by atoms with Crippen LogP contribution in [0.4, 0.5) is 5.82 Å². The highest BCUT2D eigenvalue weighted by molar-refractivity contribution is 6.09. The number of aromatic nitrogens is 2. The minimum absolute atomic E-state index is 0. The third-order valence-corrected chi connectivity index (χ3v) is 10.0. The highest BCUT2D eigenvalue weighted by Crippen LogP contribution is 2.58. The summed E-state index contributed by atoms with van der Waals surface area (Å²) in [6.07, 6.45) is 19.0. The van der Waals surface area contributed by atoms with Crippen LogP contribution in [0.2, 0.25) is 0 Å². The van der Waals surface area contributed by atoms with Crippen LogP contribution in [0.1, 0.15) is 101 Å². The van der Waals surface area contributed by atoms with E-state index < -0.39 is 0 Å². The molecule has 2 aromatic rings. The number of hydrogen-bond donors (Lipinski definition) is 1. The summed E-state index contributed by atoms with van der Waals surface area (Å²) in [6, 6.07) is 6.88. The van der Waals surface area contributed by atoms with Gasteiger partial charge in [0.05, 0.1) is 25.2 Å². The van der Waals surface area contributed by atoms with E-state index in [4.69, 9.17) is 15.5 Å². The quantitative estimate of drug-likeness (QED) is 0.370. The van der Waals surface area contributed by atoms with Crippen molar-refractivity contribution in [1.82, 2.24) is 9.97 Å². The average Bonchev–Trinajstić information content (AvgIpc) is 3.01. The second-order valence-electron chi connectivity index (χ2n) is 13.0. The van der Waals surface area contributed by atoms with Crippen LogP contribution in [0.3, 0.4) is 0 Å². The Morgan fingerprint density at radius 3 is 2.40 bits per heavy atom. The summed E-state index contributed by atoms with van der Waals surface area (Å²) < 4.78 is 5.53. The maximum Gasteiger partial charge on any atom is 0.231 e. The lowest BCUT2D eigenvalue weighted by atomic mass is 9.51. The summed E-state index contributed by atoms with van der Waals surface area (Å²) in [6.45, 7) is 6.89. The van der Waals surface area contributed by atoms with E-state index in [2.05, 4.69) is 35.1 Å². The smallest absolute Gasteiger partial charge is 0.231 e. The first kappa shape index (κ1) is 31.7. The summed E-state index contributed by atoms with van der Waals surface area (Å²) in [5.74, 6) is 1.87. The topological polar surface area (TPSA) is 125 Å². The molecule has 6 rings (SSSR count). The van der Waals surface area contributed by atoms with Crippen molar-refractivity contribution in [2.75, 3.05) is 18.6 Å². The van der Waals surface area contributed by atoms with Crippen molar-refractivity contribution < 1.29 is 15.0 Å². The van der Waals surface area contributed by atoms with E-state index in [-0.39, 0.29) is 34.2 Å². The molecule has 0 aliphatic heterocycles. The van der Waals surface area contributed by atoms with Crippen molar-refractivity contribution in [1.29, 1.82) is 0 Å². The number of rotatable bonds is 9. The second kappa shape index (κ2) is 13.4. The Kier molecular flexibility index (Phi) is 10.1. The van der Waals surface area contributed by atoms with Gasteiger partial charge in [-0.2, -0.15) is 0 Å². The fraction of sp³-hybridized carbons (Fsp3) is 0.588. The van der Waals surface area contributed by atoms with Gasteiger partial charge in [0.25, 0.3) is 0 Å². The van der Waals surface area contributed by atoms with Gasteiger partial charge in [0.2, 0.25) is 5.91 Å². The molecule has 8 nitrogen and oxygen atoms in total. The Hall–Kier alpha value is -3.26. The number of fused-ring (bicyclic) bond motifs is 3. The number of anilines is 1. The van der Waals surface area contributed by atoms with E-state index in [1.165, 1.54) is 23.7 Å². The number of ether oxygens (including phenoxy) is 1. The molecule has 4 N–H and O–H groups in total. The molecule has 1 heterocycles. The minimum Gasteiger partial charge on any atom is -0.496 e. The normalized spacial score (nSPS) is 24.5. The Balaban J connectivity index is 0.00000405. The number of amides is 1. The van der Waals surface area contributed by atoms with E-state index in [1.54, 1.807) is 25.7 Å². The Labute approximate surface area is 251 Å². The third kappa shape index (κ3) is 6.54. The monoisotopic (exact) mass is 575 g/mol. The van der Waals surface area contributed by atoms with Crippen molar-refractivity contribution in [2.24, 2.45) is 22.1 Å². The van der Waals surface area contributed by atoms with E-state index in [0.29, 0.717) is 23.6 Å². The molecule has 0 unspecified atom stereocenters. The van der Waals surface area contributed by atoms with Crippen LogP contribution in [-0.2, 0) is 10.2 Å². The van der Waals surface area contributed by atoms with E-state index >= 15 is 0 Å². The van der Waals surface area contributed by atoms with Gasteiger partial charge in [-0.1, -0.05) is 31.4 Å². The number of allylic oxidation sites excluding steroid dienone is 1. The van der Waals surface area contributed by atoms with Crippen molar-refractivity contribution in [3.05, 3.63) is 53.6 Å². The van der Waals surface area contributed by atoms with E-state index in [0.717, 1.165) is 70.0 Å². The number of nitrogens with two attached hydrogens (primary N) is 1. The maximum absolute atomic E-state index is 14.2. The van der Waals surface area contributed by atoms with Crippen molar-refractivity contribution >= 4 is 23.5 Å². The minimum atomic E-state index is 0. The van der Waals surface area contributed by atoms with Crippen molar-refractivity contribution in [2.45, 2.75) is 103 Å². The molecule has 4 fully saturated rings. The molecule has 4 saturated carbocycles. The maximum atomic E-state index is 14.2. The largest absolute Gasteiger partial charge is 0.496 e. The Morgan fingerprint density at radius 1 is 1.12 bits per heavy atom. The van der Waals surface area contributed by atoms with E-state index in [9.17, 15) is 4.79 Å². The first-order valence-electron chi connectivity index (χ1n) is 15.5. The lowest BCUT2D eigenvalue weighted by Crippen LogP contribution is -2.52. The van der Waals surface area contributed by atoms with Gasteiger partial charge in [-0.25, -0.2) is 4.98 Å². The number of methoxy groups -OCH3 is 1. The lowest BCUT2D eigenvalue weighted by molar-refractivity contribution is -0.124. The number of hydrogen-bond acceptors (Lipinski definition) is 6. The Morgan fingerprint density at radius 2 is 1.81 bits per heavy atom. The highest BCUT2D eigenvalue weighted by atomic mass is 16.5. The molecule has 4 aliphatic carbocycles. The SMILES string of the molecule is COc1ccc(C23CCC(CN(C(=O)C4CCCCC4)c4cncc(/C(C=NC(C)C)=C/N)n4)(CC2)CC3)cc1C.O. The molecular weight excluding hydrogens is 526 g/mol. The summed E-state index contributed by atoms with van der Waals surface area (Å²) in [5, 5.41) is 0. The van der Waals surface area contributed by atoms with Crippen LogP contribution in [-0.4, -0.2) is 47.3 Å². The van der Waals surface area contributed by atoms with Gasteiger partial charge in [-0.05, 0) is 100 Å². The molecule has 1 aromatic heterocycles. The predicted octanol–water partition coefficient (Wildman–Crippen LogP) is 5.95. The standard InChI is InChI=1S/C34H47N5O2.H2O/c1-24(2)37-20-27(19-35)29-21-36-22-31(38-29)39(32(40)26-8-6-5-7-9-26)23-33-12-15-34(16-13-33,17-14-33)28-10-11-30(41-4)25(3)18-28;/h10-11,18-22,24,26H,5-9,12-17,23,35H2,1-4H3;1H2/b27-19+,37-20?;. The third-order valence-electron chi connectivity index (χ3n) is 10.0. The molecule has 2 bridgehead atoms. The number of carbonyl (C=O) groups excluding carboxylic acids is 1. The molecule has 0 radical (unpaired) electrons. The molecular formula is C34H49N5O3. The summed E-state index contributed by atoms with van der Waals surface area (Å²) in [5.41, 5.74) is 10.3. The van der Waals surface area contributed by atoms with Gasteiger partial charge < -0.3 is 15.9 Å². The molecule has 228 valence electrons. The molecule has 4 aliphatic rings. The molecule has 0 atom stereocenters. The lowest BCUT2D eigenvalue weighted by Gasteiger charge is -2.55. The first-order chi connectivity index (χ1) is 19.8. The van der Waals surface area contributed by atoms with Crippen LogP contribution in [0.25, 0.3) is 5.57 Å². The zero-order valence-electron chi connectivity index (χ0n) is 25.9. The fourth-order valence-electron chi connectivity index (χ4n) is 7.37. The van der Waals surface area contributed by atoms with Gasteiger partial charge in [-0.15, -0.1) is 0 Å².